The summed E-state index contributed by atoms with van der Waals surface area (Å²) in [6.45, 7) is 1.86. The number of para-hydroxylation sites is 1. The Hall–Kier alpha value is -1.98. The first-order valence-corrected chi connectivity index (χ1v) is 12.2. The van der Waals surface area contributed by atoms with Crippen molar-refractivity contribution in [2.24, 2.45) is 5.14 Å². The van der Waals surface area contributed by atoms with Crippen molar-refractivity contribution in [2.45, 2.75) is 28.7 Å². The Morgan fingerprint density at radius 1 is 1.03 bits per heavy atom. The van der Waals surface area contributed by atoms with Gasteiger partial charge in [-0.3, -0.25) is 4.90 Å². The van der Waals surface area contributed by atoms with Crippen LogP contribution in [0.2, 0.25) is 0 Å². The van der Waals surface area contributed by atoms with Crippen molar-refractivity contribution >= 4 is 20.0 Å². The second-order valence-electron chi connectivity index (χ2n) is 6.87. The summed E-state index contributed by atoms with van der Waals surface area (Å²) in [7, 11) is -6.35. The third-order valence-corrected chi connectivity index (χ3v) is 7.32. The van der Waals surface area contributed by atoms with E-state index in [2.05, 4.69) is 9.62 Å². The van der Waals surface area contributed by atoms with E-state index in [1.807, 2.05) is 24.3 Å². The number of hydrogen-bond donors (Lipinski definition) is 2. The van der Waals surface area contributed by atoms with E-state index in [1.165, 1.54) is 18.2 Å². The Kier molecular flexibility index (Phi) is 6.59. The molecule has 1 aliphatic heterocycles. The van der Waals surface area contributed by atoms with Crippen molar-refractivity contribution in [3.63, 3.8) is 0 Å². The number of likely N-dealkylation sites (tertiary alicyclic amines) is 1. The first-order chi connectivity index (χ1) is 13.7. The molecule has 1 saturated heterocycles. The van der Waals surface area contributed by atoms with Crippen LogP contribution in [0.5, 0.6) is 5.75 Å². The fraction of sp³-hybridized carbons (Fsp3) is 0.368. The Morgan fingerprint density at radius 3 is 2.34 bits per heavy atom. The van der Waals surface area contributed by atoms with Gasteiger partial charge in [-0.25, -0.2) is 26.7 Å². The van der Waals surface area contributed by atoms with Crippen LogP contribution in [0.25, 0.3) is 0 Å². The molecule has 0 aromatic heterocycles. The largest absolute Gasteiger partial charge is 0.496 e. The van der Waals surface area contributed by atoms with Crippen LogP contribution in [0.15, 0.2) is 58.3 Å². The zero-order valence-electron chi connectivity index (χ0n) is 16.1. The van der Waals surface area contributed by atoms with Gasteiger partial charge in [0.25, 0.3) is 0 Å². The number of primary sulfonamides is 1. The van der Waals surface area contributed by atoms with Crippen LogP contribution in [-0.2, 0) is 20.0 Å². The van der Waals surface area contributed by atoms with Gasteiger partial charge in [0, 0.05) is 12.1 Å². The van der Waals surface area contributed by atoms with E-state index in [9.17, 15) is 16.8 Å². The number of hydrogen-bond acceptors (Lipinski definition) is 6. The van der Waals surface area contributed by atoms with Gasteiger partial charge in [-0.2, -0.15) is 0 Å². The molecule has 1 heterocycles. The van der Waals surface area contributed by atoms with Crippen LogP contribution in [0.4, 0.5) is 0 Å². The minimum atomic E-state index is -4.00. The second kappa shape index (κ2) is 8.80. The zero-order valence-corrected chi connectivity index (χ0v) is 17.7. The molecule has 0 saturated carbocycles. The molecular weight excluding hydrogens is 414 g/mol. The minimum absolute atomic E-state index is 0.127. The van der Waals surface area contributed by atoms with E-state index >= 15 is 0 Å². The monoisotopic (exact) mass is 439 g/mol. The highest BCUT2D eigenvalue weighted by molar-refractivity contribution is 7.90. The number of nitrogens with two attached hydrogens (primary N) is 1. The summed E-state index contributed by atoms with van der Waals surface area (Å²) in [6.07, 6.45) is 2.10. The molecule has 10 heteroatoms. The van der Waals surface area contributed by atoms with E-state index in [1.54, 1.807) is 7.11 Å². The standard InChI is InChI=1S/C19H25N3O5S2/c1-27-19-10-3-2-9-17(19)18(22-11-4-5-12-22)14-21-29(25,26)16-8-6-7-15(13-16)28(20,23)24/h2-3,6-10,13,18,21H,4-5,11-12,14H2,1H3,(H2,20,23,24). The molecule has 3 rings (SSSR count). The number of methoxy groups -OCH3 is 1. The fourth-order valence-electron chi connectivity index (χ4n) is 3.52. The van der Waals surface area contributed by atoms with Gasteiger partial charge in [0.05, 0.1) is 22.9 Å². The molecule has 8 nitrogen and oxygen atoms in total. The minimum Gasteiger partial charge on any atom is -0.496 e. The first-order valence-electron chi connectivity index (χ1n) is 9.22. The van der Waals surface area contributed by atoms with Gasteiger partial charge in [0.15, 0.2) is 0 Å². The summed E-state index contributed by atoms with van der Waals surface area (Å²) in [6, 6.07) is 12.3. The molecule has 29 heavy (non-hydrogen) atoms. The van der Waals surface area contributed by atoms with Gasteiger partial charge in [0.2, 0.25) is 20.0 Å². The average molecular weight is 440 g/mol. The van der Waals surface area contributed by atoms with E-state index in [0.29, 0.717) is 5.75 Å². The van der Waals surface area contributed by atoms with Crippen molar-refractivity contribution in [2.75, 3.05) is 26.7 Å². The summed E-state index contributed by atoms with van der Waals surface area (Å²) in [5.74, 6) is 0.694. The number of ether oxygens (including phenoxy) is 1. The highest BCUT2D eigenvalue weighted by Crippen LogP contribution is 2.31. The fourth-order valence-corrected chi connectivity index (χ4v) is 5.24. The number of nitrogens with one attached hydrogen (secondary N) is 1. The van der Waals surface area contributed by atoms with Crippen LogP contribution < -0.4 is 14.6 Å². The highest BCUT2D eigenvalue weighted by atomic mass is 32.2. The topological polar surface area (TPSA) is 119 Å². The third kappa shape index (κ3) is 5.14. The molecule has 2 aromatic rings. The Bertz CT molecular complexity index is 1060. The number of sulfonamides is 2. The van der Waals surface area contributed by atoms with E-state index in [-0.39, 0.29) is 22.4 Å². The lowest BCUT2D eigenvalue weighted by Gasteiger charge is -2.29. The molecule has 3 N–H and O–H groups in total. The quantitative estimate of drug-likeness (QED) is 0.643. The van der Waals surface area contributed by atoms with Gasteiger partial charge >= 0.3 is 0 Å². The van der Waals surface area contributed by atoms with Crippen LogP contribution in [0, 0.1) is 0 Å². The molecule has 0 amide bonds. The molecule has 1 unspecified atom stereocenters. The average Bonchev–Trinajstić information content (AvgIpc) is 3.22. The van der Waals surface area contributed by atoms with Crippen molar-refractivity contribution in [1.29, 1.82) is 0 Å². The van der Waals surface area contributed by atoms with Crippen LogP contribution in [0.3, 0.4) is 0 Å². The molecule has 0 aliphatic carbocycles. The van der Waals surface area contributed by atoms with Gasteiger partial charge in [-0.1, -0.05) is 24.3 Å². The number of rotatable bonds is 8. The predicted octanol–water partition coefficient (Wildman–Crippen LogP) is 1.46. The van der Waals surface area contributed by atoms with Crippen molar-refractivity contribution < 1.29 is 21.6 Å². The Balaban J connectivity index is 1.87. The summed E-state index contributed by atoms with van der Waals surface area (Å²) in [5.41, 5.74) is 0.901. The zero-order chi connectivity index (χ0) is 21.1. The van der Waals surface area contributed by atoms with Crippen molar-refractivity contribution in [1.82, 2.24) is 9.62 Å². The van der Waals surface area contributed by atoms with Crippen molar-refractivity contribution in [3.8, 4) is 5.75 Å². The lowest BCUT2D eigenvalue weighted by Crippen LogP contribution is -2.37. The maximum Gasteiger partial charge on any atom is 0.240 e. The first kappa shape index (κ1) is 21.7. The van der Waals surface area contributed by atoms with Crippen LogP contribution in [-0.4, -0.2) is 48.5 Å². The van der Waals surface area contributed by atoms with Crippen molar-refractivity contribution in [3.05, 3.63) is 54.1 Å². The van der Waals surface area contributed by atoms with E-state index < -0.39 is 20.0 Å². The summed E-state index contributed by atoms with van der Waals surface area (Å²) < 4.78 is 56.8. The Morgan fingerprint density at radius 2 is 1.69 bits per heavy atom. The molecule has 1 atom stereocenters. The van der Waals surface area contributed by atoms with Crippen LogP contribution >= 0.6 is 0 Å². The normalized spacial score (nSPS) is 16.6. The lowest BCUT2D eigenvalue weighted by molar-refractivity contribution is 0.240. The maximum atomic E-state index is 12.8. The third-order valence-electron chi connectivity index (χ3n) is 4.99. The smallest absolute Gasteiger partial charge is 0.240 e. The summed E-state index contributed by atoms with van der Waals surface area (Å²) in [4.78, 5) is 1.83. The maximum absolute atomic E-state index is 12.8. The van der Waals surface area contributed by atoms with Gasteiger partial charge in [0.1, 0.15) is 5.75 Å². The predicted molar refractivity (Wildman–Crippen MR) is 110 cm³/mol. The van der Waals surface area contributed by atoms with Gasteiger partial charge in [-0.15, -0.1) is 0 Å². The van der Waals surface area contributed by atoms with E-state index in [4.69, 9.17) is 9.88 Å². The van der Waals surface area contributed by atoms with E-state index in [0.717, 1.165) is 37.6 Å². The van der Waals surface area contributed by atoms with Gasteiger partial charge < -0.3 is 4.74 Å². The summed E-state index contributed by atoms with van der Waals surface area (Å²) >= 11 is 0. The van der Waals surface area contributed by atoms with Crippen LogP contribution in [0.1, 0.15) is 24.4 Å². The number of benzene rings is 2. The second-order valence-corrected chi connectivity index (χ2v) is 10.2. The molecule has 158 valence electrons. The molecule has 1 aliphatic rings. The lowest BCUT2D eigenvalue weighted by atomic mass is 10.0. The highest BCUT2D eigenvalue weighted by Gasteiger charge is 2.28. The Labute approximate surface area is 171 Å². The molecule has 0 bridgehead atoms. The summed E-state index contributed by atoms with van der Waals surface area (Å²) in [5, 5.41) is 5.12. The molecular formula is C19H25N3O5S2. The molecule has 0 spiro atoms. The molecule has 2 aromatic carbocycles. The van der Waals surface area contributed by atoms with Gasteiger partial charge in [-0.05, 0) is 50.2 Å². The number of nitrogens with zero attached hydrogens (tertiary/aromatic N) is 1. The SMILES string of the molecule is COc1ccccc1C(CNS(=O)(=O)c1cccc(S(N)(=O)=O)c1)N1CCCC1. The molecule has 0 radical (unpaired) electrons. The molecule has 1 fully saturated rings.